The zero-order valence-corrected chi connectivity index (χ0v) is 12.4. The van der Waals surface area contributed by atoms with Gasteiger partial charge in [-0.25, -0.2) is 15.7 Å². The molecule has 7 nitrogen and oxygen atoms in total. The number of rotatable bonds is 6. The van der Waals surface area contributed by atoms with Gasteiger partial charge in [0, 0.05) is 17.9 Å². The molecule has 0 radical (unpaired) electrons. The Morgan fingerprint density at radius 3 is 2.76 bits per heavy atom. The SMILES string of the molecule is CCCn1c(SCc2ccc(C(=O)NN)cc2)n[nH]c1=O. The predicted molar refractivity (Wildman–Crippen MR) is 80.8 cm³/mol. The van der Waals surface area contributed by atoms with E-state index >= 15 is 0 Å². The maximum absolute atomic E-state index is 11.6. The molecule has 21 heavy (non-hydrogen) atoms. The van der Waals surface area contributed by atoms with Crippen LogP contribution in [0.25, 0.3) is 0 Å². The highest BCUT2D eigenvalue weighted by atomic mass is 32.2. The number of nitrogens with one attached hydrogen (secondary N) is 2. The number of nitrogens with zero attached hydrogens (tertiary/aromatic N) is 2. The number of aromatic amines is 1. The van der Waals surface area contributed by atoms with Crippen LogP contribution in [0.15, 0.2) is 34.2 Å². The van der Waals surface area contributed by atoms with Crippen LogP contribution in [0.3, 0.4) is 0 Å². The smallest absolute Gasteiger partial charge is 0.290 e. The van der Waals surface area contributed by atoms with Crippen molar-refractivity contribution >= 4 is 17.7 Å². The Balaban J connectivity index is 2.03. The molecular formula is C13H17N5O2S. The number of aromatic nitrogens is 3. The van der Waals surface area contributed by atoms with Gasteiger partial charge in [0.2, 0.25) is 0 Å². The number of hydrogen-bond acceptors (Lipinski definition) is 5. The molecule has 0 aliphatic carbocycles. The third-order valence-corrected chi connectivity index (χ3v) is 3.93. The first-order valence-corrected chi connectivity index (χ1v) is 7.52. The second kappa shape index (κ2) is 7.09. The van der Waals surface area contributed by atoms with Crippen LogP contribution in [-0.2, 0) is 12.3 Å². The van der Waals surface area contributed by atoms with E-state index in [0.717, 1.165) is 12.0 Å². The summed E-state index contributed by atoms with van der Waals surface area (Å²) in [7, 11) is 0. The van der Waals surface area contributed by atoms with E-state index in [1.807, 2.05) is 19.1 Å². The Morgan fingerprint density at radius 1 is 1.43 bits per heavy atom. The Hall–Kier alpha value is -2.06. The zero-order valence-electron chi connectivity index (χ0n) is 11.6. The minimum Gasteiger partial charge on any atom is -0.290 e. The molecule has 1 amide bonds. The molecule has 0 atom stereocenters. The van der Waals surface area contributed by atoms with E-state index in [9.17, 15) is 9.59 Å². The van der Waals surface area contributed by atoms with Crippen molar-refractivity contribution in [2.45, 2.75) is 30.8 Å². The summed E-state index contributed by atoms with van der Waals surface area (Å²) in [4.78, 5) is 22.9. The molecule has 0 saturated carbocycles. The van der Waals surface area contributed by atoms with Crippen molar-refractivity contribution in [1.82, 2.24) is 20.2 Å². The lowest BCUT2D eigenvalue weighted by atomic mass is 10.1. The zero-order chi connectivity index (χ0) is 15.2. The lowest BCUT2D eigenvalue weighted by Crippen LogP contribution is -2.29. The fourth-order valence-electron chi connectivity index (χ4n) is 1.82. The molecule has 0 unspecified atom stereocenters. The van der Waals surface area contributed by atoms with Gasteiger partial charge in [-0.2, -0.15) is 0 Å². The number of hydrazine groups is 1. The largest absolute Gasteiger partial charge is 0.343 e. The van der Waals surface area contributed by atoms with Crippen LogP contribution in [-0.4, -0.2) is 20.7 Å². The number of H-pyrrole nitrogens is 1. The Kier molecular flexibility index (Phi) is 5.18. The summed E-state index contributed by atoms with van der Waals surface area (Å²) in [6.45, 7) is 2.66. The summed E-state index contributed by atoms with van der Waals surface area (Å²) >= 11 is 1.48. The van der Waals surface area contributed by atoms with Crippen molar-refractivity contribution < 1.29 is 4.79 Å². The summed E-state index contributed by atoms with van der Waals surface area (Å²) in [6.07, 6.45) is 0.871. The monoisotopic (exact) mass is 307 g/mol. The van der Waals surface area contributed by atoms with Gasteiger partial charge in [0.15, 0.2) is 5.16 Å². The number of carbonyl (C=O) groups excluding carboxylic acids is 1. The highest BCUT2D eigenvalue weighted by Crippen LogP contribution is 2.20. The third kappa shape index (κ3) is 3.73. The molecule has 112 valence electrons. The van der Waals surface area contributed by atoms with Crippen LogP contribution < -0.4 is 17.0 Å². The first-order valence-electron chi connectivity index (χ1n) is 6.53. The lowest BCUT2D eigenvalue weighted by molar-refractivity contribution is 0.0953. The van der Waals surface area contributed by atoms with Crippen molar-refractivity contribution in [3.63, 3.8) is 0 Å². The average molecular weight is 307 g/mol. The van der Waals surface area contributed by atoms with E-state index in [0.29, 0.717) is 23.0 Å². The molecule has 0 saturated heterocycles. The Morgan fingerprint density at radius 2 is 2.14 bits per heavy atom. The molecule has 0 spiro atoms. The minimum atomic E-state index is -0.321. The first-order chi connectivity index (χ1) is 10.2. The summed E-state index contributed by atoms with van der Waals surface area (Å²) in [5, 5.41) is 7.15. The number of nitrogen functional groups attached to an aromatic ring is 1. The standard InChI is InChI=1S/C13H17N5O2S/c1-2-7-18-12(20)16-17-13(18)21-8-9-3-5-10(6-4-9)11(19)15-14/h3-6H,2,7-8,14H2,1H3,(H,15,19)(H,16,20). The van der Waals surface area contributed by atoms with Gasteiger partial charge in [0.1, 0.15) is 0 Å². The van der Waals surface area contributed by atoms with Crippen LogP contribution in [0.5, 0.6) is 0 Å². The first kappa shape index (κ1) is 15.3. The molecule has 0 bridgehead atoms. The van der Waals surface area contributed by atoms with Gasteiger partial charge in [0.05, 0.1) is 0 Å². The van der Waals surface area contributed by atoms with Gasteiger partial charge >= 0.3 is 5.69 Å². The van der Waals surface area contributed by atoms with Crippen molar-refractivity contribution in [2.24, 2.45) is 5.84 Å². The normalized spacial score (nSPS) is 10.6. The lowest BCUT2D eigenvalue weighted by Gasteiger charge is -2.05. The highest BCUT2D eigenvalue weighted by molar-refractivity contribution is 7.98. The molecule has 1 heterocycles. The number of benzene rings is 1. The fraction of sp³-hybridized carbons (Fsp3) is 0.308. The van der Waals surface area contributed by atoms with E-state index in [-0.39, 0.29) is 11.6 Å². The van der Waals surface area contributed by atoms with Gasteiger partial charge < -0.3 is 0 Å². The molecule has 2 rings (SSSR count). The van der Waals surface area contributed by atoms with E-state index in [2.05, 4.69) is 15.6 Å². The summed E-state index contributed by atoms with van der Waals surface area (Å²) in [6, 6.07) is 7.13. The van der Waals surface area contributed by atoms with E-state index in [1.165, 1.54) is 11.8 Å². The Labute approximate surface area is 125 Å². The van der Waals surface area contributed by atoms with Gasteiger partial charge in [-0.3, -0.25) is 14.8 Å². The second-order valence-corrected chi connectivity index (χ2v) is 5.36. The molecule has 8 heteroatoms. The summed E-state index contributed by atoms with van der Waals surface area (Å²) < 4.78 is 1.63. The molecule has 0 aliphatic heterocycles. The molecule has 2 aromatic rings. The highest BCUT2D eigenvalue weighted by Gasteiger charge is 2.08. The minimum absolute atomic E-state index is 0.186. The number of carbonyl (C=O) groups is 1. The van der Waals surface area contributed by atoms with Crippen molar-refractivity contribution in [3.8, 4) is 0 Å². The van der Waals surface area contributed by atoms with Crippen molar-refractivity contribution in [2.75, 3.05) is 0 Å². The molecular weight excluding hydrogens is 290 g/mol. The van der Waals surface area contributed by atoms with E-state index < -0.39 is 0 Å². The van der Waals surface area contributed by atoms with Gasteiger partial charge in [0.25, 0.3) is 5.91 Å². The van der Waals surface area contributed by atoms with Crippen LogP contribution in [0.4, 0.5) is 0 Å². The number of thioether (sulfide) groups is 1. The van der Waals surface area contributed by atoms with Crippen molar-refractivity contribution in [1.29, 1.82) is 0 Å². The van der Waals surface area contributed by atoms with Crippen LogP contribution in [0.1, 0.15) is 29.3 Å². The molecule has 1 aromatic carbocycles. The van der Waals surface area contributed by atoms with E-state index in [1.54, 1.807) is 16.7 Å². The number of hydrogen-bond donors (Lipinski definition) is 3. The van der Waals surface area contributed by atoms with Gasteiger partial charge in [-0.15, -0.1) is 5.10 Å². The fourth-order valence-corrected chi connectivity index (χ4v) is 2.75. The van der Waals surface area contributed by atoms with Crippen molar-refractivity contribution in [3.05, 3.63) is 45.9 Å². The molecule has 4 N–H and O–H groups in total. The Bertz CT molecular complexity index is 662. The van der Waals surface area contributed by atoms with Crippen LogP contribution >= 0.6 is 11.8 Å². The van der Waals surface area contributed by atoms with E-state index in [4.69, 9.17) is 5.84 Å². The van der Waals surface area contributed by atoms with Crippen LogP contribution in [0, 0.1) is 0 Å². The number of amides is 1. The van der Waals surface area contributed by atoms with Crippen LogP contribution in [0.2, 0.25) is 0 Å². The van der Waals surface area contributed by atoms with Gasteiger partial charge in [-0.1, -0.05) is 30.8 Å². The summed E-state index contributed by atoms with van der Waals surface area (Å²) in [5.74, 6) is 5.42. The molecule has 0 aliphatic rings. The topological polar surface area (TPSA) is 106 Å². The average Bonchev–Trinajstić information content (AvgIpc) is 2.86. The third-order valence-electron chi connectivity index (χ3n) is 2.89. The summed E-state index contributed by atoms with van der Waals surface area (Å²) in [5.41, 5.74) is 3.44. The molecule has 1 aromatic heterocycles. The quantitative estimate of drug-likeness (QED) is 0.318. The maximum Gasteiger partial charge on any atom is 0.343 e. The maximum atomic E-state index is 11.6. The predicted octanol–water partition coefficient (Wildman–Crippen LogP) is 0.877. The number of nitrogens with two attached hydrogens (primary N) is 1. The van der Waals surface area contributed by atoms with Gasteiger partial charge in [-0.05, 0) is 24.1 Å². The molecule has 0 fully saturated rings. The second-order valence-electron chi connectivity index (χ2n) is 4.42.